The van der Waals surface area contributed by atoms with Crippen molar-refractivity contribution in [2.75, 3.05) is 11.5 Å². The summed E-state index contributed by atoms with van der Waals surface area (Å²) in [6.45, 7) is 4.06. The van der Waals surface area contributed by atoms with Crippen LogP contribution in [0.3, 0.4) is 0 Å². The predicted octanol–water partition coefficient (Wildman–Crippen LogP) is 3.27. The molecule has 1 aromatic carbocycles. The Labute approximate surface area is 102 Å². The minimum atomic E-state index is 0. The average molecular weight is 280 g/mol. The molecule has 0 saturated carbocycles. The quantitative estimate of drug-likeness (QED) is 0.775. The van der Waals surface area contributed by atoms with Gasteiger partial charge in [0.25, 0.3) is 0 Å². The van der Waals surface area contributed by atoms with E-state index in [2.05, 4.69) is 0 Å². The third kappa shape index (κ3) is 4.53. The average Bonchev–Trinajstić information content (AvgIpc) is 1.96. The fraction of sp³-hybridized carbons (Fsp3) is 0.200. The number of halogens is 2. The van der Waals surface area contributed by atoms with Crippen LogP contribution in [0.15, 0.2) is 23.8 Å². The summed E-state index contributed by atoms with van der Waals surface area (Å²) < 4.78 is 0. The summed E-state index contributed by atoms with van der Waals surface area (Å²) in [5, 5.41) is 0. The molecule has 80 valence electrons. The van der Waals surface area contributed by atoms with Crippen LogP contribution in [0.1, 0.15) is 19.4 Å². The van der Waals surface area contributed by atoms with Gasteiger partial charge >= 0.3 is 0 Å². The van der Waals surface area contributed by atoms with Gasteiger partial charge in [-0.25, -0.2) is 0 Å². The molecule has 0 spiro atoms. The Morgan fingerprint density at radius 1 is 1.21 bits per heavy atom. The van der Waals surface area contributed by atoms with Crippen LogP contribution in [-0.4, -0.2) is 0 Å². The van der Waals surface area contributed by atoms with Crippen molar-refractivity contribution >= 4 is 46.8 Å². The standard InChI is InChI=1S/C10H14N2.BrH.ClH/c1-7(2)5-8-6-9(11)3-4-10(8)12;;/h3-6H,11-12H2,1-2H3;2*1H. The van der Waals surface area contributed by atoms with Gasteiger partial charge in [0.1, 0.15) is 0 Å². The van der Waals surface area contributed by atoms with Gasteiger partial charge in [0.15, 0.2) is 0 Å². The number of hydrogen-bond donors (Lipinski definition) is 2. The number of anilines is 2. The lowest BCUT2D eigenvalue weighted by Crippen LogP contribution is -1.92. The minimum absolute atomic E-state index is 0. The monoisotopic (exact) mass is 278 g/mol. The summed E-state index contributed by atoms with van der Waals surface area (Å²) in [6.07, 6.45) is 2.02. The third-order valence-electron chi connectivity index (χ3n) is 1.56. The van der Waals surface area contributed by atoms with Gasteiger partial charge in [-0.15, -0.1) is 29.4 Å². The third-order valence-corrected chi connectivity index (χ3v) is 1.56. The van der Waals surface area contributed by atoms with Gasteiger partial charge in [-0.3, -0.25) is 0 Å². The second-order valence-corrected chi connectivity index (χ2v) is 3.11. The minimum Gasteiger partial charge on any atom is -0.399 e. The summed E-state index contributed by atoms with van der Waals surface area (Å²) in [7, 11) is 0. The normalized spacial score (nSPS) is 8.14. The van der Waals surface area contributed by atoms with E-state index in [0.29, 0.717) is 0 Å². The molecule has 0 aliphatic heterocycles. The molecule has 0 unspecified atom stereocenters. The molecule has 1 aromatic rings. The fourth-order valence-electron chi connectivity index (χ4n) is 1.03. The maximum absolute atomic E-state index is 5.74. The zero-order valence-corrected chi connectivity index (χ0v) is 10.8. The number of rotatable bonds is 1. The van der Waals surface area contributed by atoms with Crippen molar-refractivity contribution in [3.8, 4) is 0 Å². The molecular formula is C10H16BrClN2. The molecule has 0 radical (unpaired) electrons. The molecule has 0 aliphatic carbocycles. The summed E-state index contributed by atoms with van der Waals surface area (Å²) >= 11 is 0. The van der Waals surface area contributed by atoms with Crippen LogP contribution in [-0.2, 0) is 0 Å². The lowest BCUT2D eigenvalue weighted by Gasteiger charge is -2.02. The van der Waals surface area contributed by atoms with Gasteiger partial charge in [-0.1, -0.05) is 11.6 Å². The first-order valence-electron chi connectivity index (χ1n) is 3.89. The maximum Gasteiger partial charge on any atom is 0.0389 e. The van der Waals surface area contributed by atoms with Gasteiger partial charge in [0.2, 0.25) is 0 Å². The number of benzene rings is 1. The second-order valence-electron chi connectivity index (χ2n) is 3.11. The van der Waals surface area contributed by atoms with Crippen molar-refractivity contribution in [2.45, 2.75) is 13.8 Å². The van der Waals surface area contributed by atoms with Crippen LogP contribution in [0.5, 0.6) is 0 Å². The van der Waals surface area contributed by atoms with Crippen molar-refractivity contribution in [3.63, 3.8) is 0 Å². The molecule has 14 heavy (non-hydrogen) atoms. The Bertz CT molecular complexity index is 320. The zero-order valence-electron chi connectivity index (χ0n) is 8.28. The smallest absolute Gasteiger partial charge is 0.0389 e. The van der Waals surface area contributed by atoms with E-state index >= 15 is 0 Å². The van der Waals surface area contributed by atoms with E-state index in [1.165, 1.54) is 5.57 Å². The Morgan fingerprint density at radius 3 is 2.29 bits per heavy atom. The molecule has 0 fully saturated rings. The lowest BCUT2D eigenvalue weighted by atomic mass is 10.1. The highest BCUT2D eigenvalue weighted by molar-refractivity contribution is 8.93. The predicted molar refractivity (Wildman–Crippen MR) is 72.2 cm³/mol. The van der Waals surface area contributed by atoms with Crippen molar-refractivity contribution in [3.05, 3.63) is 29.3 Å². The van der Waals surface area contributed by atoms with Crippen molar-refractivity contribution in [1.82, 2.24) is 0 Å². The first-order chi connectivity index (χ1) is 5.59. The molecule has 4 N–H and O–H groups in total. The maximum atomic E-state index is 5.74. The molecule has 1 rings (SSSR count). The summed E-state index contributed by atoms with van der Waals surface area (Å²) in [4.78, 5) is 0. The molecule has 2 nitrogen and oxygen atoms in total. The Hall–Kier alpha value is -0.670. The van der Waals surface area contributed by atoms with Crippen molar-refractivity contribution in [2.24, 2.45) is 0 Å². The fourth-order valence-corrected chi connectivity index (χ4v) is 1.03. The molecule has 0 bridgehead atoms. The van der Waals surface area contributed by atoms with E-state index < -0.39 is 0 Å². The van der Waals surface area contributed by atoms with E-state index in [9.17, 15) is 0 Å². The highest BCUT2D eigenvalue weighted by Gasteiger charge is 1.95. The Balaban J connectivity index is 0. The number of nitrogen functional groups attached to an aromatic ring is 2. The summed E-state index contributed by atoms with van der Waals surface area (Å²) in [5.74, 6) is 0. The van der Waals surface area contributed by atoms with Gasteiger partial charge in [0.05, 0.1) is 0 Å². The summed E-state index contributed by atoms with van der Waals surface area (Å²) in [6, 6.07) is 5.50. The Morgan fingerprint density at radius 2 is 1.79 bits per heavy atom. The Kier molecular flexibility index (Phi) is 7.59. The highest BCUT2D eigenvalue weighted by Crippen LogP contribution is 2.18. The number of allylic oxidation sites excluding steroid dienone is 1. The van der Waals surface area contributed by atoms with Gasteiger partial charge < -0.3 is 11.5 Å². The molecule has 0 amide bonds. The van der Waals surface area contributed by atoms with Crippen molar-refractivity contribution in [1.29, 1.82) is 0 Å². The van der Waals surface area contributed by atoms with E-state index in [0.717, 1.165) is 16.9 Å². The van der Waals surface area contributed by atoms with Gasteiger partial charge in [-0.05, 0) is 37.6 Å². The van der Waals surface area contributed by atoms with Crippen LogP contribution in [0, 0.1) is 0 Å². The van der Waals surface area contributed by atoms with E-state index in [1.54, 1.807) is 6.07 Å². The van der Waals surface area contributed by atoms with Crippen LogP contribution in [0.4, 0.5) is 11.4 Å². The second kappa shape index (κ2) is 6.74. The molecule has 0 saturated heterocycles. The van der Waals surface area contributed by atoms with Gasteiger partial charge in [0, 0.05) is 11.4 Å². The molecule has 0 atom stereocenters. The molecule has 0 heterocycles. The number of nitrogens with two attached hydrogens (primary N) is 2. The van der Waals surface area contributed by atoms with Gasteiger partial charge in [-0.2, -0.15) is 0 Å². The summed E-state index contributed by atoms with van der Waals surface area (Å²) in [5.41, 5.74) is 15.1. The largest absolute Gasteiger partial charge is 0.399 e. The SMILES string of the molecule is Br.CC(C)=Cc1cc(N)ccc1N.Cl. The van der Waals surface area contributed by atoms with Crippen LogP contribution >= 0.6 is 29.4 Å². The van der Waals surface area contributed by atoms with E-state index in [4.69, 9.17) is 11.5 Å². The van der Waals surface area contributed by atoms with Crippen LogP contribution in [0.2, 0.25) is 0 Å². The van der Waals surface area contributed by atoms with Crippen LogP contribution < -0.4 is 11.5 Å². The highest BCUT2D eigenvalue weighted by atomic mass is 79.9. The first-order valence-corrected chi connectivity index (χ1v) is 3.89. The molecule has 0 aliphatic rings. The number of hydrogen-bond acceptors (Lipinski definition) is 2. The first kappa shape index (κ1) is 15.8. The van der Waals surface area contributed by atoms with E-state index in [-0.39, 0.29) is 29.4 Å². The van der Waals surface area contributed by atoms with Crippen LogP contribution in [0.25, 0.3) is 6.08 Å². The molecular weight excluding hydrogens is 263 g/mol. The lowest BCUT2D eigenvalue weighted by molar-refractivity contribution is 1.42. The van der Waals surface area contributed by atoms with E-state index in [1.807, 2.05) is 32.1 Å². The molecule has 0 aromatic heterocycles. The molecule has 4 heteroatoms. The topological polar surface area (TPSA) is 52.0 Å². The van der Waals surface area contributed by atoms with Crippen molar-refractivity contribution < 1.29 is 0 Å². The zero-order chi connectivity index (χ0) is 9.14.